The van der Waals surface area contributed by atoms with Gasteiger partial charge in [0.15, 0.2) is 5.65 Å². The molecule has 5 nitrogen and oxygen atoms in total. The Morgan fingerprint density at radius 2 is 2.18 bits per heavy atom. The van der Waals surface area contributed by atoms with E-state index >= 15 is 0 Å². The second-order valence-corrected chi connectivity index (χ2v) is 6.35. The number of aromatic nitrogens is 4. The minimum Gasteiger partial charge on any atom is -0.304 e. The first-order chi connectivity index (χ1) is 10.6. The molecule has 4 rings (SSSR count). The zero-order valence-corrected chi connectivity index (χ0v) is 13.8. The maximum absolute atomic E-state index is 14.3. The Balaban J connectivity index is 2.17. The van der Waals surface area contributed by atoms with E-state index in [1.165, 1.54) is 10.6 Å². The average molecular weight is 429 g/mol. The molecule has 0 saturated heterocycles. The Labute approximate surface area is 141 Å². The fourth-order valence-corrected chi connectivity index (χ4v) is 3.27. The Morgan fingerprint density at radius 3 is 2.95 bits per heavy atom. The summed E-state index contributed by atoms with van der Waals surface area (Å²) < 4.78 is 17.9. The number of H-pyrrole nitrogens is 1. The molecule has 0 fully saturated rings. The molecule has 110 valence electrons. The van der Waals surface area contributed by atoms with E-state index in [4.69, 9.17) is 11.6 Å². The number of imidazole rings is 2. The first-order valence-corrected chi connectivity index (χ1v) is 7.73. The predicted octanol–water partition coefficient (Wildman–Crippen LogP) is 3.36. The monoisotopic (exact) mass is 428 g/mol. The number of pyridine rings is 1. The molecule has 0 bridgehead atoms. The van der Waals surface area contributed by atoms with Crippen LogP contribution in [0.5, 0.6) is 0 Å². The van der Waals surface area contributed by atoms with Gasteiger partial charge in [-0.15, -0.1) is 0 Å². The summed E-state index contributed by atoms with van der Waals surface area (Å²) in [6.07, 6.45) is 5.03. The summed E-state index contributed by atoms with van der Waals surface area (Å²) in [5.74, 6) is -0.491. The Bertz CT molecular complexity index is 1100. The second-order valence-electron chi connectivity index (χ2n) is 4.72. The van der Waals surface area contributed by atoms with Crippen LogP contribution >= 0.6 is 34.2 Å². The molecule has 0 aliphatic heterocycles. The van der Waals surface area contributed by atoms with Gasteiger partial charge in [-0.05, 0) is 40.8 Å². The Hall–Kier alpha value is -1.87. The lowest BCUT2D eigenvalue weighted by molar-refractivity contribution is 0.617. The highest BCUT2D eigenvalue weighted by molar-refractivity contribution is 14.1. The first kappa shape index (κ1) is 13.8. The van der Waals surface area contributed by atoms with Crippen LogP contribution in [0.15, 0.2) is 41.6 Å². The van der Waals surface area contributed by atoms with Crippen molar-refractivity contribution in [3.8, 4) is 5.69 Å². The SMILES string of the molecule is O=c1[nH]c2cn3ccnc3c(Cl)c2n1-c1ccc(I)cc1F. The van der Waals surface area contributed by atoms with Gasteiger partial charge in [0.25, 0.3) is 0 Å². The van der Waals surface area contributed by atoms with E-state index in [2.05, 4.69) is 9.97 Å². The number of benzene rings is 1. The first-order valence-electron chi connectivity index (χ1n) is 6.27. The molecule has 0 aliphatic rings. The standard InChI is InChI=1S/C14H7ClFIN4O/c15-11-12-9(6-20-4-3-18-13(11)20)19-14(22)21(12)10-2-1-7(17)5-8(10)16/h1-6H,(H,19,22). The fraction of sp³-hybridized carbons (Fsp3) is 0. The Kier molecular flexibility index (Phi) is 3.01. The maximum atomic E-state index is 14.3. The number of nitrogens with zero attached hydrogens (tertiary/aromatic N) is 3. The van der Waals surface area contributed by atoms with Gasteiger partial charge >= 0.3 is 5.69 Å². The third kappa shape index (κ3) is 1.88. The van der Waals surface area contributed by atoms with E-state index in [1.54, 1.807) is 35.1 Å². The molecule has 0 unspecified atom stereocenters. The van der Waals surface area contributed by atoms with Crippen molar-refractivity contribution in [1.29, 1.82) is 0 Å². The molecule has 1 N–H and O–H groups in total. The minimum absolute atomic E-state index is 0.148. The second kappa shape index (κ2) is 4.82. The number of rotatable bonds is 1. The lowest BCUT2D eigenvalue weighted by atomic mass is 10.3. The van der Waals surface area contributed by atoms with Crippen LogP contribution in [-0.4, -0.2) is 18.9 Å². The lowest BCUT2D eigenvalue weighted by Gasteiger charge is -2.07. The normalized spacial score (nSPS) is 11.6. The van der Waals surface area contributed by atoms with Crippen LogP contribution in [0, 0.1) is 9.39 Å². The van der Waals surface area contributed by atoms with E-state index in [1.807, 2.05) is 22.6 Å². The number of fused-ring (bicyclic) bond motifs is 2. The molecular formula is C14H7ClFIN4O. The molecule has 0 aliphatic carbocycles. The molecule has 0 atom stereocenters. The summed E-state index contributed by atoms with van der Waals surface area (Å²) in [7, 11) is 0. The highest BCUT2D eigenvalue weighted by Gasteiger charge is 2.18. The van der Waals surface area contributed by atoms with Gasteiger partial charge in [-0.1, -0.05) is 11.6 Å². The van der Waals surface area contributed by atoms with Crippen molar-refractivity contribution >= 4 is 50.9 Å². The zero-order chi connectivity index (χ0) is 15.4. The fourth-order valence-electron chi connectivity index (χ4n) is 2.49. The summed E-state index contributed by atoms with van der Waals surface area (Å²) in [5, 5.41) is 0.291. The van der Waals surface area contributed by atoms with E-state index < -0.39 is 11.5 Å². The van der Waals surface area contributed by atoms with Gasteiger partial charge < -0.3 is 9.38 Å². The van der Waals surface area contributed by atoms with Crippen LogP contribution in [0.3, 0.4) is 0 Å². The van der Waals surface area contributed by atoms with Gasteiger partial charge in [0.1, 0.15) is 10.8 Å². The Morgan fingerprint density at radius 1 is 1.36 bits per heavy atom. The van der Waals surface area contributed by atoms with Gasteiger partial charge in [0.2, 0.25) is 0 Å². The number of hydrogen-bond acceptors (Lipinski definition) is 2. The third-order valence-corrected chi connectivity index (χ3v) is 4.43. The van der Waals surface area contributed by atoms with E-state index in [0.717, 1.165) is 3.57 Å². The summed E-state index contributed by atoms with van der Waals surface area (Å²) in [6, 6.07) is 4.65. The van der Waals surface area contributed by atoms with Crippen LogP contribution in [0.4, 0.5) is 4.39 Å². The smallest absolute Gasteiger partial charge is 0.304 e. The van der Waals surface area contributed by atoms with Gasteiger partial charge in [-0.3, -0.25) is 4.57 Å². The molecule has 1 aromatic carbocycles. The highest BCUT2D eigenvalue weighted by atomic mass is 127. The van der Waals surface area contributed by atoms with Crippen LogP contribution in [0.2, 0.25) is 5.02 Å². The summed E-state index contributed by atoms with van der Waals surface area (Å²) in [4.78, 5) is 19.1. The van der Waals surface area contributed by atoms with Crippen molar-refractivity contribution in [1.82, 2.24) is 18.9 Å². The molecule has 22 heavy (non-hydrogen) atoms. The quantitative estimate of drug-likeness (QED) is 0.473. The van der Waals surface area contributed by atoms with Crippen LogP contribution in [0.25, 0.3) is 22.4 Å². The number of hydrogen-bond donors (Lipinski definition) is 1. The van der Waals surface area contributed by atoms with E-state index in [0.29, 0.717) is 21.7 Å². The number of halogens is 3. The van der Waals surface area contributed by atoms with Crippen molar-refractivity contribution in [3.63, 3.8) is 0 Å². The molecule has 0 radical (unpaired) electrons. The van der Waals surface area contributed by atoms with Crippen LogP contribution < -0.4 is 5.69 Å². The zero-order valence-electron chi connectivity index (χ0n) is 10.8. The summed E-state index contributed by atoms with van der Waals surface area (Å²) in [6.45, 7) is 0. The predicted molar refractivity (Wildman–Crippen MR) is 90.3 cm³/mol. The number of nitrogens with one attached hydrogen (secondary N) is 1. The third-order valence-electron chi connectivity index (χ3n) is 3.42. The van der Waals surface area contributed by atoms with Gasteiger partial charge in [-0.2, -0.15) is 0 Å². The van der Waals surface area contributed by atoms with E-state index in [9.17, 15) is 9.18 Å². The topological polar surface area (TPSA) is 55.1 Å². The number of aromatic amines is 1. The minimum atomic E-state index is -0.491. The van der Waals surface area contributed by atoms with E-state index in [-0.39, 0.29) is 5.69 Å². The molecule has 8 heteroatoms. The molecule has 3 aromatic heterocycles. The van der Waals surface area contributed by atoms with Gasteiger partial charge in [0, 0.05) is 22.2 Å². The highest BCUT2D eigenvalue weighted by Crippen LogP contribution is 2.28. The maximum Gasteiger partial charge on any atom is 0.331 e. The van der Waals surface area contributed by atoms with Crippen LogP contribution in [0.1, 0.15) is 0 Å². The molecule has 0 amide bonds. The largest absolute Gasteiger partial charge is 0.331 e. The molecule has 0 saturated carbocycles. The molecule has 0 spiro atoms. The molecule has 4 aromatic rings. The van der Waals surface area contributed by atoms with Crippen molar-refractivity contribution in [2.45, 2.75) is 0 Å². The summed E-state index contributed by atoms with van der Waals surface area (Å²) >= 11 is 8.39. The van der Waals surface area contributed by atoms with Gasteiger partial charge in [0.05, 0.1) is 16.7 Å². The van der Waals surface area contributed by atoms with Crippen LogP contribution in [-0.2, 0) is 0 Å². The molecule has 3 heterocycles. The van der Waals surface area contributed by atoms with Crippen molar-refractivity contribution in [2.24, 2.45) is 0 Å². The van der Waals surface area contributed by atoms with Crippen molar-refractivity contribution in [2.75, 3.05) is 0 Å². The molecular weight excluding hydrogens is 422 g/mol. The van der Waals surface area contributed by atoms with Crippen molar-refractivity contribution in [3.05, 3.63) is 61.7 Å². The average Bonchev–Trinajstić information content (AvgIpc) is 3.04. The summed E-state index contributed by atoms with van der Waals surface area (Å²) in [5.41, 5.74) is 1.12. The van der Waals surface area contributed by atoms with Gasteiger partial charge in [-0.25, -0.2) is 14.2 Å². The lowest BCUT2D eigenvalue weighted by Crippen LogP contribution is -2.16. The van der Waals surface area contributed by atoms with Crippen molar-refractivity contribution < 1.29 is 4.39 Å².